The highest BCUT2D eigenvalue weighted by Gasteiger charge is 2.27. The van der Waals surface area contributed by atoms with E-state index in [-0.39, 0.29) is 17.2 Å². The fourth-order valence-corrected chi connectivity index (χ4v) is 3.57. The zero-order valence-corrected chi connectivity index (χ0v) is 18.6. The molecule has 0 radical (unpaired) electrons. The van der Waals surface area contributed by atoms with Crippen LogP contribution in [0.4, 0.5) is 5.69 Å². The second kappa shape index (κ2) is 8.93. The predicted octanol–water partition coefficient (Wildman–Crippen LogP) is 4.68. The van der Waals surface area contributed by atoms with Crippen LogP contribution >= 0.6 is 0 Å². The average Bonchev–Trinajstić information content (AvgIpc) is 3.15. The summed E-state index contributed by atoms with van der Waals surface area (Å²) in [6.07, 6.45) is 0. The van der Waals surface area contributed by atoms with E-state index in [1.807, 2.05) is 63.2 Å². The van der Waals surface area contributed by atoms with Gasteiger partial charge < -0.3 is 10.6 Å². The van der Waals surface area contributed by atoms with Gasteiger partial charge in [-0.15, -0.1) is 0 Å². The smallest absolute Gasteiger partial charge is 0.268 e. The molecule has 0 aromatic heterocycles. The summed E-state index contributed by atoms with van der Waals surface area (Å²) in [5.41, 5.74) is 5.43. The molecule has 1 aliphatic rings. The van der Waals surface area contributed by atoms with Gasteiger partial charge in [-0.05, 0) is 50.1 Å². The molecule has 0 fully saturated rings. The minimum Gasteiger partial charge on any atom is -0.321 e. The molecular formula is C27H22N4O2. The lowest BCUT2D eigenvalue weighted by molar-refractivity contribution is -0.112. The number of benzene rings is 3. The Kier molecular flexibility index (Phi) is 5.88. The van der Waals surface area contributed by atoms with Gasteiger partial charge in [0.2, 0.25) is 0 Å². The molecule has 2 amide bonds. The van der Waals surface area contributed by atoms with Crippen LogP contribution in [0.3, 0.4) is 0 Å². The molecule has 1 heterocycles. The van der Waals surface area contributed by atoms with Crippen LogP contribution in [0.15, 0.2) is 77.3 Å². The van der Waals surface area contributed by atoms with Crippen molar-refractivity contribution < 1.29 is 9.59 Å². The number of hydrogen-bond donors (Lipinski definition) is 2. The third-order valence-corrected chi connectivity index (χ3v) is 5.42. The maximum atomic E-state index is 13.0. The number of carbonyl (C=O) groups excluding carboxylic acids is 2. The van der Waals surface area contributed by atoms with Gasteiger partial charge in [-0.3, -0.25) is 9.59 Å². The largest absolute Gasteiger partial charge is 0.321 e. The summed E-state index contributed by atoms with van der Waals surface area (Å²) in [5, 5.41) is 15.5. The number of aryl methyl sites for hydroxylation is 3. The summed E-state index contributed by atoms with van der Waals surface area (Å²) in [4.78, 5) is 30.3. The average molecular weight is 434 g/mol. The highest BCUT2D eigenvalue weighted by Crippen LogP contribution is 2.31. The molecule has 162 valence electrons. The van der Waals surface area contributed by atoms with E-state index in [0.29, 0.717) is 28.2 Å². The lowest BCUT2D eigenvalue weighted by Crippen LogP contribution is -2.30. The van der Waals surface area contributed by atoms with Crippen LogP contribution in [0.2, 0.25) is 0 Å². The van der Waals surface area contributed by atoms with Crippen molar-refractivity contribution >= 4 is 29.0 Å². The van der Waals surface area contributed by atoms with Crippen LogP contribution in [0.1, 0.15) is 38.2 Å². The van der Waals surface area contributed by atoms with E-state index >= 15 is 0 Å². The Morgan fingerprint density at radius 3 is 2.21 bits per heavy atom. The van der Waals surface area contributed by atoms with Crippen molar-refractivity contribution in [3.05, 3.63) is 106 Å². The number of amidine groups is 1. The number of nitrogens with zero attached hydrogens (tertiary/aromatic N) is 2. The van der Waals surface area contributed by atoms with E-state index in [1.165, 1.54) is 0 Å². The zero-order chi connectivity index (χ0) is 23.5. The third-order valence-electron chi connectivity index (χ3n) is 5.42. The standard InChI is InChI=1S/C27H22N4O2/c1-16-9-12-19(13-10-16)26(32)31-25-21-7-5-4-6-20(21)24(30-25)22(15-28)27(33)29-23-14-17(2)8-11-18(23)3/h4-14H,1-3H3,(H,29,33)(H,30,31,32). The van der Waals surface area contributed by atoms with Crippen molar-refractivity contribution in [3.63, 3.8) is 0 Å². The molecule has 0 atom stereocenters. The van der Waals surface area contributed by atoms with Crippen molar-refractivity contribution in [1.29, 1.82) is 5.26 Å². The van der Waals surface area contributed by atoms with Gasteiger partial charge in [0.25, 0.3) is 11.8 Å². The molecule has 6 nitrogen and oxygen atoms in total. The number of nitriles is 1. The number of hydrogen-bond acceptors (Lipinski definition) is 4. The van der Waals surface area contributed by atoms with Gasteiger partial charge in [0.05, 0.1) is 5.70 Å². The Hall–Kier alpha value is -4.50. The maximum Gasteiger partial charge on any atom is 0.268 e. The summed E-state index contributed by atoms with van der Waals surface area (Å²) >= 11 is 0. The van der Waals surface area contributed by atoms with Crippen molar-refractivity contribution in [2.45, 2.75) is 20.8 Å². The lowest BCUT2D eigenvalue weighted by Gasteiger charge is -2.09. The van der Waals surface area contributed by atoms with Crippen molar-refractivity contribution in [2.75, 3.05) is 5.32 Å². The molecule has 4 rings (SSSR count). The Labute approximate surface area is 192 Å². The second-order valence-electron chi connectivity index (χ2n) is 7.93. The molecule has 1 aliphatic heterocycles. The van der Waals surface area contributed by atoms with Crippen LogP contribution < -0.4 is 10.6 Å². The SMILES string of the molecule is Cc1ccc(C(=O)NC2=NC(=C(C#N)C(=O)Nc3cc(C)ccc3C)c3ccccc32)cc1. The van der Waals surface area contributed by atoms with Crippen molar-refractivity contribution in [2.24, 2.45) is 4.99 Å². The summed E-state index contributed by atoms with van der Waals surface area (Å²) in [5.74, 6) is -0.563. The maximum absolute atomic E-state index is 13.0. The van der Waals surface area contributed by atoms with E-state index < -0.39 is 5.91 Å². The summed E-state index contributed by atoms with van der Waals surface area (Å²) in [7, 11) is 0. The first-order valence-electron chi connectivity index (χ1n) is 10.5. The quantitative estimate of drug-likeness (QED) is 0.463. The van der Waals surface area contributed by atoms with E-state index in [0.717, 1.165) is 16.7 Å². The number of rotatable bonds is 3. The van der Waals surface area contributed by atoms with E-state index in [1.54, 1.807) is 30.3 Å². The topological polar surface area (TPSA) is 94.3 Å². The first kappa shape index (κ1) is 21.7. The number of fused-ring (bicyclic) bond motifs is 1. The van der Waals surface area contributed by atoms with Gasteiger partial charge in [-0.25, -0.2) is 4.99 Å². The van der Waals surface area contributed by atoms with Crippen molar-refractivity contribution in [1.82, 2.24) is 5.32 Å². The lowest BCUT2D eigenvalue weighted by atomic mass is 10.0. The molecule has 2 N–H and O–H groups in total. The highest BCUT2D eigenvalue weighted by atomic mass is 16.2. The van der Waals surface area contributed by atoms with Crippen molar-refractivity contribution in [3.8, 4) is 6.07 Å². The Morgan fingerprint density at radius 2 is 1.52 bits per heavy atom. The molecule has 3 aromatic rings. The zero-order valence-electron chi connectivity index (χ0n) is 18.6. The monoisotopic (exact) mass is 434 g/mol. The number of aliphatic imine (C=N–C) groups is 1. The van der Waals surface area contributed by atoms with Crippen LogP contribution in [-0.4, -0.2) is 17.6 Å². The molecule has 0 bridgehead atoms. The third kappa shape index (κ3) is 4.43. The first-order valence-corrected chi connectivity index (χ1v) is 10.5. The van der Waals surface area contributed by atoms with Gasteiger partial charge in [0.15, 0.2) is 0 Å². The number of amides is 2. The molecule has 0 unspecified atom stereocenters. The highest BCUT2D eigenvalue weighted by molar-refractivity contribution is 6.21. The molecular weight excluding hydrogens is 412 g/mol. The molecule has 0 saturated heterocycles. The Balaban J connectivity index is 1.70. The number of carbonyl (C=O) groups is 2. The van der Waals surface area contributed by atoms with Crippen LogP contribution in [-0.2, 0) is 4.79 Å². The Bertz CT molecular complexity index is 1380. The Morgan fingerprint density at radius 1 is 0.848 bits per heavy atom. The second-order valence-corrected chi connectivity index (χ2v) is 7.93. The molecule has 3 aromatic carbocycles. The molecule has 0 spiro atoms. The van der Waals surface area contributed by atoms with Gasteiger partial charge in [-0.2, -0.15) is 5.26 Å². The predicted molar refractivity (Wildman–Crippen MR) is 129 cm³/mol. The van der Waals surface area contributed by atoms with Gasteiger partial charge >= 0.3 is 0 Å². The minimum atomic E-state index is -0.550. The summed E-state index contributed by atoms with van der Waals surface area (Å²) in [6.45, 7) is 5.76. The molecule has 0 aliphatic carbocycles. The fourth-order valence-electron chi connectivity index (χ4n) is 3.57. The van der Waals surface area contributed by atoms with Crippen LogP contribution in [0.25, 0.3) is 5.70 Å². The van der Waals surface area contributed by atoms with Gasteiger partial charge in [-0.1, -0.05) is 54.1 Å². The molecule has 0 saturated carbocycles. The fraction of sp³-hybridized carbons (Fsp3) is 0.111. The van der Waals surface area contributed by atoms with E-state index in [9.17, 15) is 14.9 Å². The van der Waals surface area contributed by atoms with Gasteiger partial charge in [0, 0.05) is 22.4 Å². The van der Waals surface area contributed by atoms with Crippen LogP contribution in [0, 0.1) is 32.1 Å². The molecule has 6 heteroatoms. The molecule has 33 heavy (non-hydrogen) atoms. The normalized spacial score (nSPS) is 13.5. The van der Waals surface area contributed by atoms with Crippen LogP contribution in [0.5, 0.6) is 0 Å². The summed E-state index contributed by atoms with van der Waals surface area (Å²) in [6, 6.07) is 22.1. The minimum absolute atomic E-state index is 0.122. The number of nitrogens with one attached hydrogen (secondary N) is 2. The van der Waals surface area contributed by atoms with Gasteiger partial charge in [0.1, 0.15) is 17.5 Å². The van der Waals surface area contributed by atoms with E-state index in [2.05, 4.69) is 15.6 Å². The van der Waals surface area contributed by atoms with E-state index in [4.69, 9.17) is 0 Å². The first-order chi connectivity index (χ1) is 15.9. The number of anilines is 1. The summed E-state index contributed by atoms with van der Waals surface area (Å²) < 4.78 is 0.